The molecule has 0 unspecified atom stereocenters. The number of hydrogen-bond donors (Lipinski definition) is 1. The van der Waals surface area contributed by atoms with Crippen LogP contribution in [0.2, 0.25) is 0 Å². The summed E-state index contributed by atoms with van der Waals surface area (Å²) < 4.78 is 16.3. The number of carbonyl (C=O) groups is 1. The lowest BCUT2D eigenvalue weighted by Gasteiger charge is -2.12. The number of halogens is 1. The van der Waals surface area contributed by atoms with Crippen LogP contribution in [0.25, 0.3) is 0 Å². The number of carbonyl (C=O) groups excluding carboxylic acids is 1. The summed E-state index contributed by atoms with van der Waals surface area (Å²) in [7, 11) is 1.52. The molecule has 25 heavy (non-hydrogen) atoms. The number of nitrogens with one attached hydrogen (secondary N) is 1. The van der Waals surface area contributed by atoms with Gasteiger partial charge in [0.05, 0.1) is 30.1 Å². The number of aryl methyl sites for hydroxylation is 1. The van der Waals surface area contributed by atoms with Gasteiger partial charge in [0.1, 0.15) is 0 Å². The molecule has 9 heteroatoms. The summed E-state index contributed by atoms with van der Waals surface area (Å²) in [6.45, 7) is 3.77. The van der Waals surface area contributed by atoms with E-state index >= 15 is 0 Å². The van der Waals surface area contributed by atoms with E-state index in [1.807, 2.05) is 12.3 Å². The molecule has 1 aromatic heterocycles. The highest BCUT2D eigenvalue weighted by Crippen LogP contribution is 2.36. The minimum absolute atomic E-state index is 0.193. The van der Waals surface area contributed by atoms with Crippen LogP contribution in [0, 0.1) is 6.92 Å². The number of nitrogens with zero attached hydrogens (tertiary/aromatic N) is 2. The molecule has 0 saturated carbocycles. The maximum atomic E-state index is 11.4. The Morgan fingerprint density at radius 3 is 2.92 bits per heavy atom. The van der Waals surface area contributed by atoms with Crippen molar-refractivity contribution in [3.63, 3.8) is 0 Å². The first kappa shape index (κ1) is 19.2. The molecule has 0 fully saturated rings. The number of methoxy groups -OCH3 is 1. The van der Waals surface area contributed by atoms with E-state index in [4.69, 9.17) is 14.2 Å². The minimum Gasteiger partial charge on any atom is -0.493 e. The molecule has 0 aliphatic carbocycles. The van der Waals surface area contributed by atoms with E-state index in [-0.39, 0.29) is 6.61 Å². The van der Waals surface area contributed by atoms with Crippen LogP contribution in [-0.4, -0.2) is 37.5 Å². The Morgan fingerprint density at radius 2 is 2.28 bits per heavy atom. The van der Waals surface area contributed by atoms with E-state index in [1.54, 1.807) is 25.3 Å². The van der Waals surface area contributed by atoms with Gasteiger partial charge in [-0.15, -0.1) is 11.3 Å². The molecular formula is C16H18BrN3O4S. The highest BCUT2D eigenvalue weighted by atomic mass is 79.9. The molecule has 0 spiro atoms. The van der Waals surface area contributed by atoms with Crippen molar-refractivity contribution in [2.24, 2.45) is 5.10 Å². The molecule has 1 heterocycles. The standard InChI is InChI=1S/C16H18BrN3O4S/c1-4-23-14(21)8-24-15-12(17)5-11(6-13(15)22-3)7-18-20-16-19-10(2)9-25-16/h5-7,9H,4,8H2,1-3H3,(H,19,20). The maximum Gasteiger partial charge on any atom is 0.344 e. The van der Waals surface area contributed by atoms with Crippen LogP contribution in [0.15, 0.2) is 27.1 Å². The average Bonchev–Trinajstić information content (AvgIpc) is 2.99. The number of rotatable bonds is 8. The van der Waals surface area contributed by atoms with Crippen molar-refractivity contribution < 1.29 is 19.0 Å². The minimum atomic E-state index is -0.440. The third-order valence-corrected chi connectivity index (χ3v) is 4.34. The quantitative estimate of drug-likeness (QED) is 0.393. The lowest BCUT2D eigenvalue weighted by molar-refractivity contribution is -0.145. The van der Waals surface area contributed by atoms with Crippen molar-refractivity contribution >= 4 is 44.6 Å². The van der Waals surface area contributed by atoms with Gasteiger partial charge in [0.25, 0.3) is 0 Å². The van der Waals surface area contributed by atoms with Crippen LogP contribution in [0.1, 0.15) is 18.2 Å². The zero-order chi connectivity index (χ0) is 18.2. The first-order chi connectivity index (χ1) is 12.0. The third-order valence-electron chi connectivity index (χ3n) is 2.88. The largest absolute Gasteiger partial charge is 0.493 e. The second kappa shape index (κ2) is 9.38. The van der Waals surface area contributed by atoms with Crippen LogP contribution in [0.5, 0.6) is 11.5 Å². The van der Waals surface area contributed by atoms with Crippen LogP contribution in [0.3, 0.4) is 0 Å². The van der Waals surface area contributed by atoms with E-state index < -0.39 is 5.97 Å². The summed E-state index contributed by atoms with van der Waals surface area (Å²) in [6.07, 6.45) is 1.64. The fraction of sp³-hybridized carbons (Fsp3) is 0.312. The fourth-order valence-corrected chi connectivity index (χ4v) is 3.07. The molecule has 0 amide bonds. The molecular weight excluding hydrogens is 410 g/mol. The third kappa shape index (κ3) is 5.71. The molecule has 7 nitrogen and oxygen atoms in total. The van der Waals surface area contributed by atoms with Crippen LogP contribution in [-0.2, 0) is 9.53 Å². The zero-order valence-electron chi connectivity index (χ0n) is 14.0. The topological polar surface area (TPSA) is 82.0 Å². The van der Waals surface area contributed by atoms with Crippen LogP contribution < -0.4 is 14.9 Å². The highest BCUT2D eigenvalue weighted by Gasteiger charge is 2.13. The average molecular weight is 428 g/mol. The van der Waals surface area contributed by atoms with E-state index in [0.717, 1.165) is 11.3 Å². The van der Waals surface area contributed by atoms with E-state index in [2.05, 4.69) is 31.4 Å². The molecule has 0 bridgehead atoms. The predicted molar refractivity (Wildman–Crippen MR) is 101 cm³/mol. The number of esters is 1. The van der Waals surface area contributed by atoms with Crippen molar-refractivity contribution in [3.05, 3.63) is 33.2 Å². The van der Waals surface area contributed by atoms with Gasteiger partial charge in [-0.1, -0.05) is 0 Å². The molecule has 134 valence electrons. The fourth-order valence-electron chi connectivity index (χ4n) is 1.86. The zero-order valence-corrected chi connectivity index (χ0v) is 16.4. The van der Waals surface area contributed by atoms with Crippen LogP contribution in [0.4, 0.5) is 5.13 Å². The van der Waals surface area contributed by atoms with E-state index in [0.29, 0.717) is 27.7 Å². The van der Waals surface area contributed by atoms with Crippen LogP contribution >= 0.6 is 27.3 Å². The van der Waals surface area contributed by atoms with E-state index in [9.17, 15) is 4.79 Å². The number of aromatic nitrogens is 1. The molecule has 0 aliphatic heterocycles. The van der Waals surface area contributed by atoms with Crippen molar-refractivity contribution in [1.29, 1.82) is 0 Å². The molecule has 0 atom stereocenters. The lowest BCUT2D eigenvalue weighted by atomic mass is 10.2. The van der Waals surface area contributed by atoms with Gasteiger partial charge < -0.3 is 14.2 Å². The van der Waals surface area contributed by atoms with Gasteiger partial charge in [0, 0.05) is 5.38 Å². The lowest BCUT2D eigenvalue weighted by Crippen LogP contribution is -2.15. The number of hydrogen-bond acceptors (Lipinski definition) is 8. The second-order valence-corrected chi connectivity index (χ2v) is 6.50. The summed E-state index contributed by atoms with van der Waals surface area (Å²) in [5.41, 5.74) is 4.59. The first-order valence-corrected chi connectivity index (χ1v) is 9.08. The van der Waals surface area contributed by atoms with Gasteiger partial charge in [-0.05, 0) is 47.5 Å². The number of ether oxygens (including phenoxy) is 3. The Balaban J connectivity index is 2.08. The van der Waals surface area contributed by atoms with Gasteiger partial charge in [-0.25, -0.2) is 9.78 Å². The van der Waals surface area contributed by atoms with E-state index in [1.165, 1.54) is 18.4 Å². The predicted octanol–water partition coefficient (Wildman–Crippen LogP) is 3.61. The monoisotopic (exact) mass is 427 g/mol. The Bertz CT molecular complexity index is 764. The first-order valence-electron chi connectivity index (χ1n) is 7.40. The van der Waals surface area contributed by atoms with Gasteiger partial charge >= 0.3 is 5.97 Å². The summed E-state index contributed by atoms with van der Waals surface area (Å²) in [5.74, 6) is 0.464. The Labute approximate surface area is 158 Å². The smallest absolute Gasteiger partial charge is 0.344 e. The van der Waals surface area contributed by atoms with Gasteiger partial charge in [-0.2, -0.15) is 5.10 Å². The maximum absolute atomic E-state index is 11.4. The number of hydrazone groups is 1. The Kier molecular flexibility index (Phi) is 7.20. The molecule has 2 aromatic rings. The molecule has 2 rings (SSSR count). The summed E-state index contributed by atoms with van der Waals surface area (Å²) >= 11 is 4.90. The summed E-state index contributed by atoms with van der Waals surface area (Å²) in [5, 5.41) is 6.81. The number of anilines is 1. The van der Waals surface area contributed by atoms with Crippen molar-refractivity contribution in [1.82, 2.24) is 4.98 Å². The summed E-state index contributed by atoms with van der Waals surface area (Å²) in [6, 6.07) is 3.56. The normalized spacial score (nSPS) is 10.7. The van der Waals surface area contributed by atoms with Gasteiger partial charge in [-0.3, -0.25) is 5.43 Å². The molecule has 1 aromatic carbocycles. The Hall–Kier alpha value is -2.13. The van der Waals surface area contributed by atoms with Crippen molar-refractivity contribution in [2.75, 3.05) is 25.7 Å². The van der Waals surface area contributed by atoms with Crippen molar-refractivity contribution in [3.8, 4) is 11.5 Å². The summed E-state index contributed by atoms with van der Waals surface area (Å²) in [4.78, 5) is 15.7. The number of thiazole rings is 1. The molecule has 0 radical (unpaired) electrons. The number of benzene rings is 1. The molecule has 0 saturated heterocycles. The highest BCUT2D eigenvalue weighted by molar-refractivity contribution is 9.10. The SMILES string of the molecule is CCOC(=O)COc1c(Br)cc(C=NNc2nc(C)cs2)cc1OC. The molecule has 1 N–H and O–H groups in total. The Morgan fingerprint density at radius 1 is 1.48 bits per heavy atom. The second-order valence-electron chi connectivity index (χ2n) is 4.79. The molecule has 0 aliphatic rings. The van der Waals surface area contributed by atoms with Crippen molar-refractivity contribution in [2.45, 2.75) is 13.8 Å². The van der Waals surface area contributed by atoms with Gasteiger partial charge in [0.15, 0.2) is 18.1 Å². The van der Waals surface area contributed by atoms with Gasteiger partial charge in [0.2, 0.25) is 5.13 Å².